The van der Waals surface area contributed by atoms with Crippen LogP contribution in [0.3, 0.4) is 0 Å². The highest BCUT2D eigenvalue weighted by atomic mass is 15.1. The van der Waals surface area contributed by atoms with Crippen molar-refractivity contribution in [3.05, 3.63) is 102 Å². The number of allylic oxidation sites excluding steroid dienone is 2. The number of hydrogen-bond acceptors (Lipinski definition) is 2. The SMILES string of the molecule is C=C(C)C.C=CC(CCC)CCC.C=CN1CCc2ccc(N(C)[C@@H](C)Cc3ccccc3C)c(C)c2C1.CC.CC. The molecule has 2 nitrogen and oxygen atoms in total. The second-order valence-electron chi connectivity index (χ2n) is 11.1. The Morgan fingerprint density at radius 3 is 1.98 bits per heavy atom. The summed E-state index contributed by atoms with van der Waals surface area (Å²) in [6.07, 6.45) is 11.5. The van der Waals surface area contributed by atoms with Gasteiger partial charge < -0.3 is 9.80 Å². The molecule has 0 spiro atoms. The van der Waals surface area contributed by atoms with Gasteiger partial charge in [0.15, 0.2) is 0 Å². The van der Waals surface area contributed by atoms with E-state index < -0.39 is 0 Å². The van der Waals surface area contributed by atoms with Gasteiger partial charge in [-0.1, -0.05) is 103 Å². The van der Waals surface area contributed by atoms with E-state index in [2.05, 4.69) is 114 Å². The minimum absolute atomic E-state index is 0.456. The number of rotatable bonds is 10. The van der Waals surface area contributed by atoms with Crippen molar-refractivity contribution in [2.24, 2.45) is 5.92 Å². The van der Waals surface area contributed by atoms with Crippen molar-refractivity contribution in [3.8, 4) is 0 Å². The molecule has 238 valence electrons. The van der Waals surface area contributed by atoms with Crippen LogP contribution in [-0.2, 0) is 19.4 Å². The summed E-state index contributed by atoms with van der Waals surface area (Å²) in [7, 11) is 2.23. The zero-order valence-electron chi connectivity index (χ0n) is 29.9. The molecule has 0 N–H and O–H groups in total. The maximum atomic E-state index is 3.94. The number of hydrogen-bond donors (Lipinski definition) is 0. The second kappa shape index (κ2) is 24.8. The lowest BCUT2D eigenvalue weighted by molar-refractivity contribution is 0.353. The summed E-state index contributed by atoms with van der Waals surface area (Å²) in [5, 5.41) is 0. The minimum Gasteiger partial charge on any atom is -0.373 e. The van der Waals surface area contributed by atoms with Crippen LogP contribution in [0, 0.1) is 19.8 Å². The van der Waals surface area contributed by atoms with E-state index >= 15 is 0 Å². The average Bonchev–Trinajstić information content (AvgIpc) is 3.00. The predicted molar refractivity (Wildman–Crippen MR) is 195 cm³/mol. The summed E-state index contributed by atoms with van der Waals surface area (Å²) in [6, 6.07) is 13.8. The molecule has 2 aromatic carbocycles. The number of aryl methyl sites for hydroxylation is 1. The molecule has 0 fully saturated rings. The third kappa shape index (κ3) is 15.5. The smallest absolute Gasteiger partial charge is 0.0430 e. The number of anilines is 1. The molecule has 1 aliphatic rings. The first-order chi connectivity index (χ1) is 20.1. The fraction of sp³-hybridized carbons (Fsp3) is 0.550. The molecule has 42 heavy (non-hydrogen) atoms. The first-order valence-corrected chi connectivity index (χ1v) is 16.6. The maximum absolute atomic E-state index is 3.94. The van der Waals surface area contributed by atoms with Crippen LogP contribution in [0.15, 0.2) is 74.0 Å². The lowest BCUT2D eigenvalue weighted by atomic mass is 9.93. The van der Waals surface area contributed by atoms with Gasteiger partial charge in [0.25, 0.3) is 0 Å². The Balaban J connectivity index is 0. The summed E-state index contributed by atoms with van der Waals surface area (Å²) in [6.45, 7) is 36.6. The van der Waals surface area contributed by atoms with Crippen LogP contribution in [0.1, 0.15) is 116 Å². The Morgan fingerprint density at radius 1 is 0.952 bits per heavy atom. The number of nitrogens with zero attached hydrogens (tertiary/aromatic N) is 2. The van der Waals surface area contributed by atoms with Crippen molar-refractivity contribution >= 4 is 5.69 Å². The van der Waals surface area contributed by atoms with Crippen LogP contribution in [0.25, 0.3) is 0 Å². The van der Waals surface area contributed by atoms with E-state index in [9.17, 15) is 0 Å². The largest absolute Gasteiger partial charge is 0.373 e. The van der Waals surface area contributed by atoms with E-state index in [0.717, 1.165) is 31.8 Å². The molecule has 3 rings (SSSR count). The molecule has 0 aromatic heterocycles. The zero-order chi connectivity index (χ0) is 32.7. The monoisotopic (exact) mass is 577 g/mol. The summed E-state index contributed by atoms with van der Waals surface area (Å²) >= 11 is 0. The molecule has 2 heteroatoms. The highest BCUT2D eigenvalue weighted by molar-refractivity contribution is 5.59. The van der Waals surface area contributed by atoms with Gasteiger partial charge in [-0.25, -0.2) is 0 Å². The molecular weight excluding hydrogens is 508 g/mol. The predicted octanol–water partition coefficient (Wildman–Crippen LogP) is 11.9. The van der Waals surface area contributed by atoms with Gasteiger partial charge in [-0.2, -0.15) is 0 Å². The topological polar surface area (TPSA) is 6.48 Å². The Bertz CT molecular complexity index is 993. The van der Waals surface area contributed by atoms with Crippen molar-refractivity contribution in [1.82, 2.24) is 4.90 Å². The highest BCUT2D eigenvalue weighted by Gasteiger charge is 2.20. The Kier molecular flexibility index (Phi) is 24.5. The lowest BCUT2D eigenvalue weighted by Crippen LogP contribution is -2.33. The maximum Gasteiger partial charge on any atom is 0.0430 e. The molecule has 0 aliphatic carbocycles. The molecule has 0 saturated heterocycles. The van der Waals surface area contributed by atoms with Crippen LogP contribution < -0.4 is 4.90 Å². The third-order valence-corrected chi connectivity index (χ3v) is 7.42. The van der Waals surface area contributed by atoms with Gasteiger partial charge in [0.1, 0.15) is 0 Å². The lowest BCUT2D eigenvalue weighted by Gasteiger charge is -2.33. The van der Waals surface area contributed by atoms with Crippen molar-refractivity contribution in [2.75, 3.05) is 18.5 Å². The van der Waals surface area contributed by atoms with Crippen molar-refractivity contribution in [2.45, 2.75) is 127 Å². The van der Waals surface area contributed by atoms with E-state index in [0.29, 0.717) is 6.04 Å². The normalized spacial score (nSPS) is 11.9. The van der Waals surface area contributed by atoms with Gasteiger partial charge >= 0.3 is 0 Å². The minimum atomic E-state index is 0.456. The average molecular weight is 577 g/mol. The molecule has 2 aromatic rings. The first-order valence-electron chi connectivity index (χ1n) is 16.6. The van der Waals surface area contributed by atoms with Gasteiger partial charge in [0, 0.05) is 31.9 Å². The molecule has 0 unspecified atom stereocenters. The van der Waals surface area contributed by atoms with Gasteiger partial charge in [0.2, 0.25) is 0 Å². The van der Waals surface area contributed by atoms with E-state index in [-0.39, 0.29) is 0 Å². The molecule has 0 bridgehead atoms. The molecule has 0 radical (unpaired) electrons. The van der Waals surface area contributed by atoms with Crippen molar-refractivity contribution < 1.29 is 0 Å². The van der Waals surface area contributed by atoms with Crippen LogP contribution in [0.2, 0.25) is 0 Å². The number of fused-ring (bicyclic) bond motifs is 1. The first kappa shape index (κ1) is 41.4. The van der Waals surface area contributed by atoms with Crippen LogP contribution in [0.4, 0.5) is 5.69 Å². The molecule has 1 atom stereocenters. The fourth-order valence-corrected chi connectivity index (χ4v) is 4.99. The van der Waals surface area contributed by atoms with E-state index in [4.69, 9.17) is 0 Å². The van der Waals surface area contributed by atoms with E-state index in [1.165, 1.54) is 64.8 Å². The third-order valence-electron chi connectivity index (χ3n) is 7.42. The van der Waals surface area contributed by atoms with Gasteiger partial charge in [-0.3, -0.25) is 0 Å². The summed E-state index contributed by atoms with van der Waals surface area (Å²) < 4.78 is 0. The fourth-order valence-electron chi connectivity index (χ4n) is 4.99. The van der Waals surface area contributed by atoms with Gasteiger partial charge in [-0.05, 0) is 106 Å². The molecule has 0 amide bonds. The Labute approximate surface area is 263 Å². The van der Waals surface area contributed by atoms with Crippen molar-refractivity contribution in [1.29, 1.82) is 0 Å². The van der Waals surface area contributed by atoms with E-state index in [1.807, 2.05) is 47.7 Å². The Morgan fingerprint density at radius 2 is 1.50 bits per heavy atom. The summed E-state index contributed by atoms with van der Waals surface area (Å²) in [5.74, 6) is 0.778. The van der Waals surface area contributed by atoms with E-state index in [1.54, 1.807) is 0 Å². The molecule has 0 saturated carbocycles. The van der Waals surface area contributed by atoms with Crippen LogP contribution in [-0.4, -0.2) is 24.5 Å². The second-order valence-corrected chi connectivity index (χ2v) is 11.1. The van der Waals surface area contributed by atoms with Crippen LogP contribution in [0.5, 0.6) is 0 Å². The Hall–Kier alpha value is -2.74. The van der Waals surface area contributed by atoms with Gasteiger partial charge in [0.05, 0.1) is 0 Å². The standard InChI is InChI=1S/C23H30N2.C9H18.C4H8.2C2H6/c1-6-25-14-13-20-11-12-23(19(4)22(20)16-25)24(5)18(3)15-21-10-8-7-9-17(21)2;1-4-7-9(6-3)8-5-2;1-4(2)3;2*1-2/h6-12,18H,1,13-16H2,2-5H3;6,9H,3-5,7-8H2,1-2H3;1H2,2-3H3;2*1-2H3/t18-;;;;/m0..../s1. The number of likely N-dealkylation sites (N-methyl/N-ethyl adjacent to an activating group) is 1. The molecule has 1 aliphatic heterocycles. The molecule has 1 heterocycles. The highest BCUT2D eigenvalue weighted by Crippen LogP contribution is 2.31. The quantitative estimate of drug-likeness (QED) is 0.260. The van der Waals surface area contributed by atoms with Crippen molar-refractivity contribution in [3.63, 3.8) is 0 Å². The zero-order valence-corrected chi connectivity index (χ0v) is 29.9. The number of benzene rings is 2. The van der Waals surface area contributed by atoms with Gasteiger partial charge in [-0.15, -0.1) is 13.2 Å². The molecular formula is C40H68N2. The van der Waals surface area contributed by atoms with Crippen LogP contribution >= 0.6 is 0 Å². The summed E-state index contributed by atoms with van der Waals surface area (Å²) in [5.41, 5.74) is 9.74. The summed E-state index contributed by atoms with van der Waals surface area (Å²) in [4.78, 5) is 4.75.